The quantitative estimate of drug-likeness (QED) is 0.662. The Hall–Kier alpha value is -1.21. The Morgan fingerprint density at radius 1 is 1.17 bits per heavy atom. The maximum Gasteiger partial charge on any atom is 0.230 e. The van der Waals surface area contributed by atoms with Gasteiger partial charge in [-0.3, -0.25) is 9.69 Å². The van der Waals surface area contributed by atoms with Crippen LogP contribution in [-0.4, -0.2) is 43.7 Å². The van der Waals surface area contributed by atoms with E-state index in [0.717, 1.165) is 61.9 Å². The number of hydrogen-bond acceptors (Lipinski definition) is 4. The topological polar surface area (TPSA) is 41.6 Å². The van der Waals surface area contributed by atoms with Crippen LogP contribution in [-0.2, 0) is 21.5 Å². The van der Waals surface area contributed by atoms with E-state index in [9.17, 15) is 4.79 Å². The van der Waals surface area contributed by atoms with Crippen LogP contribution in [0, 0.1) is 5.92 Å². The van der Waals surface area contributed by atoms with Gasteiger partial charge in [0.15, 0.2) is 0 Å². The van der Waals surface area contributed by atoms with Gasteiger partial charge in [0.05, 0.1) is 5.41 Å². The van der Waals surface area contributed by atoms with Crippen LogP contribution in [0.25, 0.3) is 0 Å². The molecule has 0 bridgehead atoms. The molecule has 0 radical (unpaired) electrons. The van der Waals surface area contributed by atoms with Crippen LogP contribution in [0.4, 0.5) is 0 Å². The number of likely N-dealkylation sites (tertiary alicyclic amines) is 1. The van der Waals surface area contributed by atoms with Gasteiger partial charge in [-0.2, -0.15) is 0 Å². The third-order valence-electron chi connectivity index (χ3n) is 6.40. The van der Waals surface area contributed by atoms with Crippen molar-refractivity contribution in [2.45, 2.75) is 37.6 Å². The monoisotopic (exact) mass is 476 g/mol. The van der Waals surface area contributed by atoms with E-state index < -0.39 is 5.41 Å². The minimum absolute atomic E-state index is 0.170. The molecule has 29 heavy (non-hydrogen) atoms. The number of carbonyl (C=O) groups is 1. The lowest BCUT2D eigenvalue weighted by molar-refractivity contribution is -0.130. The molecule has 0 aliphatic carbocycles. The zero-order valence-electron chi connectivity index (χ0n) is 16.7. The van der Waals surface area contributed by atoms with Gasteiger partial charge in [0, 0.05) is 35.7 Å². The highest BCUT2D eigenvalue weighted by Crippen LogP contribution is 2.36. The van der Waals surface area contributed by atoms with Gasteiger partial charge in [-0.15, -0.1) is 11.3 Å². The van der Waals surface area contributed by atoms with Crippen molar-refractivity contribution in [3.05, 3.63) is 56.7 Å². The van der Waals surface area contributed by atoms with Crippen molar-refractivity contribution in [2.24, 2.45) is 5.92 Å². The molecule has 2 aliphatic rings. The number of nitrogens with one attached hydrogen (secondary N) is 1. The molecule has 6 heteroatoms. The molecule has 0 spiro atoms. The highest BCUT2D eigenvalue weighted by atomic mass is 79.9. The van der Waals surface area contributed by atoms with Crippen molar-refractivity contribution in [1.29, 1.82) is 0 Å². The fraction of sp³-hybridized carbons (Fsp3) is 0.522. The first-order valence-corrected chi connectivity index (χ1v) is 12.2. The van der Waals surface area contributed by atoms with Crippen LogP contribution in [0.3, 0.4) is 0 Å². The van der Waals surface area contributed by atoms with Crippen LogP contribution in [0.2, 0.25) is 0 Å². The van der Waals surface area contributed by atoms with E-state index in [0.29, 0.717) is 19.1 Å². The molecule has 0 unspecified atom stereocenters. The Kier molecular flexibility index (Phi) is 7.06. The van der Waals surface area contributed by atoms with Crippen molar-refractivity contribution in [3.8, 4) is 0 Å². The van der Waals surface area contributed by atoms with E-state index in [1.807, 2.05) is 23.5 Å². The molecule has 1 aromatic heterocycles. The van der Waals surface area contributed by atoms with Crippen LogP contribution in [0.5, 0.6) is 0 Å². The van der Waals surface area contributed by atoms with Gasteiger partial charge in [-0.25, -0.2) is 0 Å². The van der Waals surface area contributed by atoms with Gasteiger partial charge < -0.3 is 10.1 Å². The first-order valence-electron chi connectivity index (χ1n) is 10.5. The maximum atomic E-state index is 13.3. The van der Waals surface area contributed by atoms with Crippen LogP contribution < -0.4 is 5.32 Å². The second-order valence-corrected chi connectivity index (χ2v) is 10.2. The van der Waals surface area contributed by atoms with Crippen molar-refractivity contribution in [3.63, 3.8) is 0 Å². The molecule has 2 aliphatic heterocycles. The SMILES string of the molecule is O=C(NCC1CCN(Cc2cccs2)CC1)C1(c2ccc(Br)cc2)CCOCC1. The third-order valence-corrected chi connectivity index (χ3v) is 7.79. The Bertz CT molecular complexity index is 780. The van der Waals surface area contributed by atoms with Crippen LogP contribution in [0.15, 0.2) is 46.3 Å². The molecule has 1 N–H and O–H groups in total. The Morgan fingerprint density at radius 3 is 2.55 bits per heavy atom. The lowest BCUT2D eigenvalue weighted by atomic mass is 9.73. The number of nitrogens with zero attached hydrogens (tertiary/aromatic N) is 1. The predicted molar refractivity (Wildman–Crippen MR) is 121 cm³/mol. The highest BCUT2D eigenvalue weighted by Gasteiger charge is 2.41. The smallest absolute Gasteiger partial charge is 0.230 e. The van der Waals surface area contributed by atoms with Gasteiger partial charge >= 0.3 is 0 Å². The number of hydrogen-bond donors (Lipinski definition) is 1. The molecule has 2 saturated heterocycles. The summed E-state index contributed by atoms with van der Waals surface area (Å²) in [6.45, 7) is 5.36. The molecule has 4 rings (SSSR count). The maximum absolute atomic E-state index is 13.3. The Morgan fingerprint density at radius 2 is 1.90 bits per heavy atom. The Labute approximate surface area is 185 Å². The lowest BCUT2D eigenvalue weighted by Gasteiger charge is -2.37. The lowest BCUT2D eigenvalue weighted by Crippen LogP contribution is -2.49. The zero-order chi connectivity index (χ0) is 20.1. The first kappa shape index (κ1) is 21.0. The van der Waals surface area contributed by atoms with Crippen molar-refractivity contribution >= 4 is 33.2 Å². The standard InChI is InChI=1S/C23H29BrN2O2S/c24-20-5-3-19(4-6-20)23(9-13-28-14-10-23)22(27)25-16-18-7-11-26(12-8-18)17-21-2-1-15-29-21/h1-6,15,18H,7-14,16-17H2,(H,25,27). The Balaban J connectivity index is 1.32. The predicted octanol–water partition coefficient (Wildman–Crippen LogP) is 4.59. The molecule has 2 fully saturated rings. The van der Waals surface area contributed by atoms with Crippen LogP contribution >= 0.6 is 27.3 Å². The number of amides is 1. The summed E-state index contributed by atoms with van der Waals surface area (Å²) in [7, 11) is 0. The van der Waals surface area contributed by atoms with E-state index in [4.69, 9.17) is 4.74 Å². The molecule has 0 saturated carbocycles. The summed E-state index contributed by atoms with van der Waals surface area (Å²) >= 11 is 5.34. The first-order chi connectivity index (χ1) is 14.2. The summed E-state index contributed by atoms with van der Waals surface area (Å²) in [6.07, 6.45) is 3.81. The van der Waals surface area contributed by atoms with E-state index in [2.05, 4.69) is 55.8 Å². The molecule has 2 aromatic rings. The minimum atomic E-state index is -0.460. The number of ether oxygens (including phenoxy) is 1. The molecule has 1 amide bonds. The molecular formula is C23H29BrN2O2S. The van der Waals surface area contributed by atoms with Gasteiger partial charge in [0.25, 0.3) is 0 Å². The minimum Gasteiger partial charge on any atom is -0.381 e. The van der Waals surface area contributed by atoms with Gasteiger partial charge in [-0.1, -0.05) is 34.1 Å². The van der Waals surface area contributed by atoms with Crippen molar-refractivity contribution < 1.29 is 9.53 Å². The third kappa shape index (κ3) is 5.10. The largest absolute Gasteiger partial charge is 0.381 e. The van der Waals surface area contributed by atoms with Gasteiger partial charge in [0.2, 0.25) is 5.91 Å². The molecule has 4 nitrogen and oxygen atoms in total. The van der Waals surface area contributed by atoms with E-state index >= 15 is 0 Å². The highest BCUT2D eigenvalue weighted by molar-refractivity contribution is 9.10. The molecule has 1 aromatic carbocycles. The fourth-order valence-electron chi connectivity index (χ4n) is 4.51. The van der Waals surface area contributed by atoms with E-state index in [1.165, 1.54) is 4.88 Å². The van der Waals surface area contributed by atoms with Gasteiger partial charge in [-0.05, 0) is 73.8 Å². The average molecular weight is 477 g/mol. The van der Waals surface area contributed by atoms with Gasteiger partial charge in [0.1, 0.15) is 0 Å². The summed E-state index contributed by atoms with van der Waals surface area (Å²) in [5.41, 5.74) is 0.644. The van der Waals surface area contributed by atoms with E-state index in [1.54, 1.807) is 0 Å². The summed E-state index contributed by atoms with van der Waals surface area (Å²) < 4.78 is 6.62. The molecular weight excluding hydrogens is 448 g/mol. The summed E-state index contributed by atoms with van der Waals surface area (Å²) in [5.74, 6) is 0.740. The van der Waals surface area contributed by atoms with Crippen LogP contribution in [0.1, 0.15) is 36.1 Å². The number of benzene rings is 1. The number of piperidine rings is 1. The van der Waals surface area contributed by atoms with Crippen molar-refractivity contribution in [1.82, 2.24) is 10.2 Å². The number of carbonyl (C=O) groups excluding carboxylic acids is 1. The summed E-state index contributed by atoms with van der Waals surface area (Å²) in [4.78, 5) is 17.3. The second-order valence-electron chi connectivity index (χ2n) is 8.21. The fourth-order valence-corrected chi connectivity index (χ4v) is 5.52. The number of rotatable bonds is 6. The van der Waals surface area contributed by atoms with E-state index in [-0.39, 0.29) is 5.91 Å². The second kappa shape index (κ2) is 9.73. The zero-order valence-corrected chi connectivity index (χ0v) is 19.1. The number of thiophene rings is 1. The number of halogens is 1. The average Bonchev–Trinajstić information content (AvgIpc) is 3.27. The normalized spacial score (nSPS) is 20.4. The molecule has 156 valence electrons. The molecule has 3 heterocycles. The summed E-state index contributed by atoms with van der Waals surface area (Å²) in [5, 5.41) is 5.46. The molecule has 0 atom stereocenters. The summed E-state index contributed by atoms with van der Waals surface area (Å²) in [6, 6.07) is 12.6. The van der Waals surface area contributed by atoms with Crippen molar-refractivity contribution in [2.75, 3.05) is 32.8 Å².